The molecule has 0 aromatic carbocycles. The standard InChI is InChI=1S/C16H19N5O2/c17-8-12-9-18-21-14(22)7-13(19-15(12)21)10-20-5-4-16(11-20)3-1-2-6-23-16/h7,9,18H,1-6,10-11H2. The lowest BCUT2D eigenvalue weighted by molar-refractivity contribution is -0.0699. The number of fused-ring (bicyclic) bond motifs is 1. The molecular formula is C16H19N5O2. The Balaban J connectivity index is 1.56. The molecule has 2 aromatic heterocycles. The molecule has 0 amide bonds. The van der Waals surface area contributed by atoms with Crippen LogP contribution in [0.25, 0.3) is 5.65 Å². The number of aromatic nitrogens is 3. The zero-order chi connectivity index (χ0) is 15.9. The van der Waals surface area contributed by atoms with Gasteiger partial charge in [-0.1, -0.05) is 0 Å². The first-order chi connectivity index (χ1) is 11.2. The Hall–Kier alpha value is -2.17. The van der Waals surface area contributed by atoms with E-state index in [2.05, 4.69) is 21.1 Å². The largest absolute Gasteiger partial charge is 0.374 e. The summed E-state index contributed by atoms with van der Waals surface area (Å²) in [6.45, 7) is 3.33. The SMILES string of the molecule is N#Cc1c[nH]n2c(=O)cc(CN3CCC4(CCCCO4)C3)nc12. The van der Waals surface area contributed by atoms with Crippen LogP contribution < -0.4 is 5.56 Å². The van der Waals surface area contributed by atoms with Crippen LogP contribution in [0.15, 0.2) is 17.1 Å². The molecule has 0 radical (unpaired) electrons. The lowest BCUT2D eigenvalue weighted by Gasteiger charge is -2.33. The van der Waals surface area contributed by atoms with Crippen LogP contribution in [0.3, 0.4) is 0 Å². The van der Waals surface area contributed by atoms with E-state index in [9.17, 15) is 4.79 Å². The maximum Gasteiger partial charge on any atom is 0.272 e. The van der Waals surface area contributed by atoms with Crippen molar-refractivity contribution in [3.8, 4) is 6.07 Å². The van der Waals surface area contributed by atoms with E-state index in [0.717, 1.165) is 39.0 Å². The molecule has 4 rings (SSSR count). The van der Waals surface area contributed by atoms with Crippen LogP contribution in [0.2, 0.25) is 0 Å². The Morgan fingerprint density at radius 3 is 3.13 bits per heavy atom. The normalized spacial score (nSPS) is 25.2. The van der Waals surface area contributed by atoms with Gasteiger partial charge >= 0.3 is 0 Å². The van der Waals surface area contributed by atoms with E-state index < -0.39 is 0 Å². The number of rotatable bonds is 2. The highest BCUT2D eigenvalue weighted by atomic mass is 16.5. The highest BCUT2D eigenvalue weighted by Crippen LogP contribution is 2.34. The summed E-state index contributed by atoms with van der Waals surface area (Å²) < 4.78 is 7.34. The predicted octanol–water partition coefficient (Wildman–Crippen LogP) is 1.04. The fraction of sp³-hybridized carbons (Fsp3) is 0.562. The zero-order valence-corrected chi connectivity index (χ0v) is 12.9. The minimum atomic E-state index is -0.186. The van der Waals surface area contributed by atoms with Crippen LogP contribution in [-0.4, -0.2) is 44.8 Å². The number of aromatic amines is 1. The number of hydrogen-bond acceptors (Lipinski definition) is 5. The quantitative estimate of drug-likeness (QED) is 0.895. The van der Waals surface area contributed by atoms with Crippen LogP contribution in [0, 0.1) is 11.3 Å². The molecule has 23 heavy (non-hydrogen) atoms. The molecular weight excluding hydrogens is 294 g/mol. The maximum atomic E-state index is 12.1. The van der Waals surface area contributed by atoms with Gasteiger partial charge in [0.1, 0.15) is 11.6 Å². The summed E-state index contributed by atoms with van der Waals surface area (Å²) in [5.74, 6) is 0. The first kappa shape index (κ1) is 14.4. The number of ether oxygens (including phenoxy) is 1. The van der Waals surface area contributed by atoms with E-state index in [-0.39, 0.29) is 11.2 Å². The summed E-state index contributed by atoms with van der Waals surface area (Å²) >= 11 is 0. The van der Waals surface area contributed by atoms with E-state index in [1.54, 1.807) is 0 Å². The van der Waals surface area contributed by atoms with Crippen LogP contribution in [0.1, 0.15) is 36.9 Å². The van der Waals surface area contributed by atoms with E-state index in [4.69, 9.17) is 10.00 Å². The number of likely N-dealkylation sites (tertiary alicyclic amines) is 1. The molecule has 0 saturated carbocycles. The fourth-order valence-corrected chi connectivity index (χ4v) is 3.72. The van der Waals surface area contributed by atoms with Crippen molar-refractivity contribution in [1.29, 1.82) is 5.26 Å². The van der Waals surface area contributed by atoms with Gasteiger partial charge < -0.3 is 4.74 Å². The molecule has 2 fully saturated rings. The van der Waals surface area contributed by atoms with E-state index in [1.165, 1.54) is 23.2 Å². The van der Waals surface area contributed by atoms with Crippen molar-refractivity contribution < 1.29 is 4.74 Å². The van der Waals surface area contributed by atoms with Crippen LogP contribution in [-0.2, 0) is 11.3 Å². The second kappa shape index (κ2) is 5.48. The molecule has 1 spiro atoms. The van der Waals surface area contributed by atoms with Crippen molar-refractivity contribution in [1.82, 2.24) is 19.5 Å². The molecule has 1 unspecified atom stereocenters. The molecule has 7 nitrogen and oxygen atoms in total. The Labute approximate surface area is 133 Å². The molecule has 1 atom stereocenters. The number of nitrogens with zero attached hydrogens (tertiary/aromatic N) is 4. The second-order valence-electron chi connectivity index (χ2n) is 6.49. The highest BCUT2D eigenvalue weighted by molar-refractivity contribution is 5.53. The highest BCUT2D eigenvalue weighted by Gasteiger charge is 2.40. The van der Waals surface area contributed by atoms with Crippen molar-refractivity contribution in [3.05, 3.63) is 33.9 Å². The van der Waals surface area contributed by atoms with Crippen molar-refractivity contribution in [2.45, 2.75) is 37.8 Å². The molecule has 2 aromatic rings. The Morgan fingerprint density at radius 1 is 1.43 bits per heavy atom. The third kappa shape index (κ3) is 2.54. The summed E-state index contributed by atoms with van der Waals surface area (Å²) in [5, 5.41) is 11.9. The summed E-state index contributed by atoms with van der Waals surface area (Å²) in [6.07, 6.45) is 6.06. The Morgan fingerprint density at radius 2 is 2.35 bits per heavy atom. The predicted molar refractivity (Wildman–Crippen MR) is 83.0 cm³/mol. The van der Waals surface area contributed by atoms with E-state index in [1.807, 2.05) is 0 Å². The molecule has 7 heteroatoms. The molecule has 2 saturated heterocycles. The number of H-pyrrole nitrogens is 1. The third-order valence-electron chi connectivity index (χ3n) is 4.89. The van der Waals surface area contributed by atoms with Crippen molar-refractivity contribution >= 4 is 5.65 Å². The zero-order valence-electron chi connectivity index (χ0n) is 12.9. The summed E-state index contributed by atoms with van der Waals surface area (Å²) in [5.41, 5.74) is 1.31. The topological polar surface area (TPSA) is 86.4 Å². The molecule has 1 N–H and O–H groups in total. The molecule has 4 heterocycles. The smallest absolute Gasteiger partial charge is 0.272 e. The van der Waals surface area contributed by atoms with Gasteiger partial charge in [-0.15, -0.1) is 0 Å². The first-order valence-corrected chi connectivity index (χ1v) is 8.06. The van der Waals surface area contributed by atoms with E-state index in [0.29, 0.717) is 23.4 Å². The maximum absolute atomic E-state index is 12.1. The molecule has 0 bridgehead atoms. The fourth-order valence-electron chi connectivity index (χ4n) is 3.72. The van der Waals surface area contributed by atoms with Crippen LogP contribution in [0.5, 0.6) is 0 Å². The van der Waals surface area contributed by atoms with Gasteiger partial charge in [0, 0.05) is 38.5 Å². The monoisotopic (exact) mass is 313 g/mol. The average Bonchev–Trinajstić information content (AvgIpc) is 3.13. The summed E-state index contributed by atoms with van der Waals surface area (Å²) in [6, 6.07) is 3.60. The first-order valence-electron chi connectivity index (χ1n) is 8.06. The van der Waals surface area contributed by atoms with Crippen LogP contribution >= 0.6 is 0 Å². The van der Waals surface area contributed by atoms with Gasteiger partial charge in [0.15, 0.2) is 5.65 Å². The van der Waals surface area contributed by atoms with Crippen molar-refractivity contribution in [2.24, 2.45) is 0 Å². The van der Waals surface area contributed by atoms with Crippen molar-refractivity contribution in [2.75, 3.05) is 19.7 Å². The molecule has 120 valence electrons. The minimum absolute atomic E-state index is 0.00327. The average molecular weight is 313 g/mol. The van der Waals surface area contributed by atoms with Gasteiger partial charge in [-0.3, -0.25) is 14.8 Å². The van der Waals surface area contributed by atoms with Gasteiger partial charge in [-0.05, 0) is 25.7 Å². The van der Waals surface area contributed by atoms with Gasteiger partial charge in [-0.2, -0.15) is 5.26 Å². The molecule has 2 aliphatic heterocycles. The van der Waals surface area contributed by atoms with Gasteiger partial charge in [0.25, 0.3) is 5.56 Å². The number of hydrogen-bond donors (Lipinski definition) is 1. The molecule has 2 aliphatic rings. The molecule has 0 aliphatic carbocycles. The number of nitrogens with one attached hydrogen (secondary N) is 1. The minimum Gasteiger partial charge on any atom is -0.374 e. The second-order valence-corrected chi connectivity index (χ2v) is 6.49. The summed E-state index contributed by atoms with van der Waals surface area (Å²) in [4.78, 5) is 18.9. The lowest BCUT2D eigenvalue weighted by Crippen LogP contribution is -2.39. The van der Waals surface area contributed by atoms with E-state index >= 15 is 0 Å². The van der Waals surface area contributed by atoms with Gasteiger partial charge in [0.2, 0.25) is 0 Å². The Bertz CT molecular complexity index is 825. The summed E-state index contributed by atoms with van der Waals surface area (Å²) in [7, 11) is 0. The lowest BCUT2D eigenvalue weighted by atomic mass is 9.93. The Kier molecular flexibility index (Phi) is 3.43. The van der Waals surface area contributed by atoms with Crippen LogP contribution in [0.4, 0.5) is 0 Å². The van der Waals surface area contributed by atoms with Gasteiger partial charge in [0.05, 0.1) is 11.3 Å². The van der Waals surface area contributed by atoms with Crippen molar-refractivity contribution in [3.63, 3.8) is 0 Å². The number of nitriles is 1. The van der Waals surface area contributed by atoms with Gasteiger partial charge in [-0.25, -0.2) is 9.50 Å². The third-order valence-corrected chi connectivity index (χ3v) is 4.89.